The predicted octanol–water partition coefficient (Wildman–Crippen LogP) is 4.13. The zero-order valence-corrected chi connectivity index (χ0v) is 19.9. The highest BCUT2D eigenvalue weighted by molar-refractivity contribution is 7.89. The number of amides is 1. The van der Waals surface area contributed by atoms with Crippen LogP contribution in [0.15, 0.2) is 42.5 Å². The third-order valence-electron chi connectivity index (χ3n) is 7.73. The van der Waals surface area contributed by atoms with Crippen LogP contribution in [0, 0.1) is 23.0 Å². The Morgan fingerprint density at radius 2 is 1.71 bits per heavy atom. The number of hydrogen-bond donors (Lipinski definition) is 1. The lowest BCUT2D eigenvalue weighted by Gasteiger charge is -2.61. The number of likely N-dealkylation sites (tertiary alicyclic amines) is 1. The molecule has 35 heavy (non-hydrogen) atoms. The van der Waals surface area contributed by atoms with E-state index in [1.165, 1.54) is 43.3 Å². The summed E-state index contributed by atoms with van der Waals surface area (Å²) < 4.78 is 86.9. The van der Waals surface area contributed by atoms with E-state index in [0.717, 1.165) is 4.90 Å². The van der Waals surface area contributed by atoms with E-state index in [4.69, 9.17) is 0 Å². The van der Waals surface area contributed by atoms with Crippen LogP contribution in [0.1, 0.15) is 31.7 Å². The molecule has 4 aliphatic rings. The first-order valence-corrected chi connectivity index (χ1v) is 13.3. The Morgan fingerprint density at radius 1 is 1.06 bits per heavy atom. The van der Waals surface area contributed by atoms with Gasteiger partial charge in [0.25, 0.3) is 5.92 Å². The van der Waals surface area contributed by atoms with Crippen LogP contribution in [0.3, 0.4) is 0 Å². The Labute approximate surface area is 201 Å². The topological polar surface area (TPSA) is 66.5 Å². The Hall–Kier alpha value is -2.46. The molecule has 2 atom stereocenters. The molecular formula is C25H26F4N2O3S. The molecule has 0 radical (unpaired) electrons. The van der Waals surface area contributed by atoms with Crippen molar-refractivity contribution in [1.29, 1.82) is 0 Å². The van der Waals surface area contributed by atoms with Gasteiger partial charge < -0.3 is 4.90 Å². The van der Waals surface area contributed by atoms with Crippen LogP contribution in [0.5, 0.6) is 0 Å². The molecule has 2 aromatic carbocycles. The molecule has 1 aliphatic heterocycles. The average Bonchev–Trinajstić information content (AvgIpc) is 2.98. The van der Waals surface area contributed by atoms with E-state index in [1.807, 2.05) is 0 Å². The quantitative estimate of drug-likeness (QED) is 0.570. The summed E-state index contributed by atoms with van der Waals surface area (Å²) in [4.78, 5) is 14.4. The van der Waals surface area contributed by atoms with Crippen molar-refractivity contribution < 1.29 is 30.8 Å². The standard InChI is InChI=1S/C25H26F4N2O3S/c1-2-35(33,34)30-22-20(31(14-25(22,28)29)23(32)24-11-15(12-24)13-24)10-16-6-5-8-18(21(16)27)17-7-3-4-9-19(17)26/h3-9,15,20,22,30H,2,10-14H2,1H3/t15?,20-,22+,24?/m0/s1. The molecule has 1 amide bonds. The van der Waals surface area contributed by atoms with Crippen molar-refractivity contribution in [3.05, 3.63) is 59.7 Å². The van der Waals surface area contributed by atoms with Gasteiger partial charge in [-0.25, -0.2) is 30.7 Å². The highest BCUT2D eigenvalue weighted by atomic mass is 32.2. The lowest BCUT2D eigenvalue weighted by Crippen LogP contribution is -2.62. The normalized spacial score (nSPS) is 28.9. The molecule has 4 fully saturated rings. The molecule has 3 saturated carbocycles. The van der Waals surface area contributed by atoms with Gasteiger partial charge in [0, 0.05) is 11.1 Å². The minimum Gasteiger partial charge on any atom is -0.331 e. The molecule has 2 aromatic rings. The number of rotatable bonds is 7. The van der Waals surface area contributed by atoms with Gasteiger partial charge in [-0.1, -0.05) is 36.4 Å². The molecule has 0 aromatic heterocycles. The Bertz CT molecular complexity index is 1270. The summed E-state index contributed by atoms with van der Waals surface area (Å²) in [6, 6.07) is 6.72. The number of hydrogen-bond acceptors (Lipinski definition) is 3. The van der Waals surface area contributed by atoms with Crippen LogP contribution in [0.25, 0.3) is 11.1 Å². The van der Waals surface area contributed by atoms with Crippen LogP contribution in [-0.4, -0.2) is 49.5 Å². The smallest absolute Gasteiger partial charge is 0.283 e. The number of carbonyl (C=O) groups is 1. The van der Waals surface area contributed by atoms with Crippen LogP contribution in [-0.2, 0) is 21.2 Å². The summed E-state index contributed by atoms with van der Waals surface area (Å²) in [6.07, 6.45) is 1.58. The van der Waals surface area contributed by atoms with Gasteiger partial charge >= 0.3 is 0 Å². The van der Waals surface area contributed by atoms with Crippen molar-refractivity contribution in [3.8, 4) is 11.1 Å². The summed E-state index contributed by atoms with van der Waals surface area (Å²) in [7, 11) is -4.04. The van der Waals surface area contributed by atoms with E-state index >= 15 is 13.2 Å². The predicted molar refractivity (Wildman–Crippen MR) is 122 cm³/mol. The molecule has 3 aliphatic carbocycles. The lowest BCUT2D eigenvalue weighted by molar-refractivity contribution is -0.178. The van der Waals surface area contributed by atoms with Crippen LogP contribution in [0.2, 0.25) is 0 Å². The second-order valence-electron chi connectivity index (χ2n) is 9.98. The molecule has 1 N–H and O–H groups in total. The van der Waals surface area contributed by atoms with Gasteiger partial charge in [-0.3, -0.25) is 4.79 Å². The molecule has 10 heteroatoms. The Morgan fingerprint density at radius 3 is 2.31 bits per heavy atom. The maximum absolute atomic E-state index is 15.6. The maximum Gasteiger partial charge on any atom is 0.283 e. The van der Waals surface area contributed by atoms with Gasteiger partial charge in [0.15, 0.2) is 0 Å². The first-order valence-electron chi connectivity index (χ1n) is 11.7. The zero-order chi connectivity index (χ0) is 25.2. The lowest BCUT2D eigenvalue weighted by atomic mass is 9.44. The van der Waals surface area contributed by atoms with E-state index < -0.39 is 63.3 Å². The van der Waals surface area contributed by atoms with Gasteiger partial charge in [0.05, 0.1) is 23.8 Å². The van der Waals surface area contributed by atoms with Crippen molar-refractivity contribution in [2.75, 3.05) is 12.3 Å². The number of halogens is 4. The van der Waals surface area contributed by atoms with Crippen molar-refractivity contribution in [2.45, 2.75) is 50.6 Å². The molecule has 1 saturated heterocycles. The molecule has 5 nitrogen and oxygen atoms in total. The molecule has 2 bridgehead atoms. The van der Waals surface area contributed by atoms with Gasteiger partial charge in [0.2, 0.25) is 15.9 Å². The SMILES string of the molecule is CCS(=O)(=O)N[C@@H]1[C@H](Cc2cccc(-c3ccccc3F)c2F)N(C(=O)C23CC(C2)C3)CC1(F)F. The summed E-state index contributed by atoms with van der Waals surface area (Å²) in [6.45, 7) is 0.390. The number of benzene rings is 2. The molecule has 0 unspecified atom stereocenters. The van der Waals surface area contributed by atoms with Crippen molar-refractivity contribution in [1.82, 2.24) is 9.62 Å². The number of nitrogens with one attached hydrogen (secondary N) is 1. The first kappa shape index (κ1) is 24.2. The average molecular weight is 511 g/mol. The summed E-state index contributed by atoms with van der Waals surface area (Å²) in [5.41, 5.74) is -0.669. The Kier molecular flexibility index (Phi) is 5.75. The largest absolute Gasteiger partial charge is 0.331 e. The second-order valence-corrected chi connectivity index (χ2v) is 12.0. The highest BCUT2D eigenvalue weighted by Crippen LogP contribution is 2.65. The fourth-order valence-electron chi connectivity index (χ4n) is 5.69. The van der Waals surface area contributed by atoms with Crippen molar-refractivity contribution in [2.24, 2.45) is 11.3 Å². The van der Waals surface area contributed by atoms with Crippen molar-refractivity contribution >= 4 is 15.9 Å². The number of sulfonamides is 1. The number of nitrogens with zero attached hydrogens (tertiary/aromatic N) is 1. The third-order valence-corrected chi connectivity index (χ3v) is 9.11. The maximum atomic E-state index is 15.6. The molecule has 188 valence electrons. The number of alkyl halides is 2. The fraction of sp³-hybridized carbons (Fsp3) is 0.480. The van der Waals surface area contributed by atoms with Gasteiger partial charge in [-0.05, 0) is 50.2 Å². The minimum atomic E-state index is -4.04. The highest BCUT2D eigenvalue weighted by Gasteiger charge is 2.66. The molecule has 6 rings (SSSR count). The van der Waals surface area contributed by atoms with E-state index in [2.05, 4.69) is 4.72 Å². The molecular weight excluding hydrogens is 484 g/mol. The fourth-order valence-corrected chi connectivity index (χ4v) is 6.57. The third kappa shape index (κ3) is 4.04. The van der Waals surface area contributed by atoms with Gasteiger partial charge in [0.1, 0.15) is 17.7 Å². The number of carbonyl (C=O) groups excluding carboxylic acids is 1. The summed E-state index contributed by atoms with van der Waals surface area (Å²) >= 11 is 0. The van der Waals surface area contributed by atoms with E-state index in [1.54, 1.807) is 6.07 Å². The van der Waals surface area contributed by atoms with E-state index in [9.17, 15) is 17.6 Å². The summed E-state index contributed by atoms with van der Waals surface area (Å²) in [5, 5.41) is 0. The van der Waals surface area contributed by atoms with Crippen LogP contribution >= 0.6 is 0 Å². The Balaban J connectivity index is 1.53. The van der Waals surface area contributed by atoms with E-state index in [0.29, 0.717) is 25.2 Å². The zero-order valence-electron chi connectivity index (χ0n) is 19.1. The van der Waals surface area contributed by atoms with Crippen LogP contribution in [0.4, 0.5) is 17.6 Å². The monoisotopic (exact) mass is 510 g/mol. The molecule has 0 spiro atoms. The van der Waals surface area contributed by atoms with Gasteiger partial charge in [-0.2, -0.15) is 0 Å². The minimum absolute atomic E-state index is 0.00421. The summed E-state index contributed by atoms with van der Waals surface area (Å²) in [5.74, 6) is -5.36. The second kappa shape index (κ2) is 8.30. The van der Waals surface area contributed by atoms with Crippen molar-refractivity contribution in [3.63, 3.8) is 0 Å². The molecule has 1 heterocycles. The van der Waals surface area contributed by atoms with Crippen LogP contribution < -0.4 is 4.72 Å². The van der Waals surface area contributed by atoms with Gasteiger partial charge in [-0.15, -0.1) is 0 Å². The van der Waals surface area contributed by atoms with E-state index in [-0.39, 0.29) is 23.1 Å². The first-order chi connectivity index (χ1) is 16.5.